The van der Waals surface area contributed by atoms with Crippen molar-refractivity contribution in [2.45, 2.75) is 39.1 Å². The summed E-state index contributed by atoms with van der Waals surface area (Å²) in [7, 11) is 1.64. The third-order valence-corrected chi connectivity index (χ3v) is 4.41. The highest BCUT2D eigenvalue weighted by molar-refractivity contribution is 5.26. The van der Waals surface area contributed by atoms with Crippen LogP contribution in [0.15, 0.2) is 30.3 Å². The van der Waals surface area contributed by atoms with Gasteiger partial charge in [0.05, 0.1) is 5.41 Å². The lowest BCUT2D eigenvalue weighted by atomic mass is 9.68. The molecule has 3 heteroatoms. The quantitative estimate of drug-likeness (QED) is 0.738. The predicted octanol–water partition coefficient (Wildman–Crippen LogP) is 3.25. The van der Waals surface area contributed by atoms with E-state index in [0.717, 1.165) is 5.56 Å². The van der Waals surface area contributed by atoms with Crippen molar-refractivity contribution in [1.82, 2.24) is 0 Å². The first-order valence-corrected chi connectivity index (χ1v) is 5.85. The Bertz CT molecular complexity index is 401. The Labute approximate surface area is 103 Å². The maximum atomic E-state index is 5.62. The molecule has 1 saturated heterocycles. The number of rotatable bonds is 2. The molecule has 94 valence electrons. The standard InChI is InChI=1S/C14H20O3/c1-12(2)13(3,11-9-7-6-8-10-11)16-17-14(12,4)15-5/h6-10H,1-5H3. The number of hydrogen-bond donors (Lipinski definition) is 0. The molecule has 0 aliphatic carbocycles. The van der Waals surface area contributed by atoms with E-state index in [-0.39, 0.29) is 5.41 Å². The van der Waals surface area contributed by atoms with Crippen molar-refractivity contribution in [3.8, 4) is 0 Å². The molecule has 1 heterocycles. The van der Waals surface area contributed by atoms with E-state index >= 15 is 0 Å². The van der Waals surface area contributed by atoms with Crippen LogP contribution in [-0.4, -0.2) is 12.9 Å². The minimum atomic E-state index is -0.752. The zero-order chi connectivity index (χ0) is 12.7. The van der Waals surface area contributed by atoms with Crippen molar-refractivity contribution in [3.63, 3.8) is 0 Å². The van der Waals surface area contributed by atoms with Gasteiger partial charge in [-0.2, -0.15) is 4.89 Å². The second-order valence-electron chi connectivity index (χ2n) is 5.34. The van der Waals surface area contributed by atoms with E-state index in [1.54, 1.807) is 7.11 Å². The average molecular weight is 236 g/mol. The van der Waals surface area contributed by atoms with Gasteiger partial charge in [0, 0.05) is 7.11 Å². The molecular weight excluding hydrogens is 216 g/mol. The van der Waals surface area contributed by atoms with Crippen LogP contribution in [0.3, 0.4) is 0 Å². The molecule has 1 fully saturated rings. The second kappa shape index (κ2) is 3.80. The van der Waals surface area contributed by atoms with Gasteiger partial charge in [0.1, 0.15) is 5.60 Å². The van der Waals surface area contributed by atoms with Gasteiger partial charge >= 0.3 is 0 Å². The minimum absolute atomic E-state index is 0.309. The number of methoxy groups -OCH3 is 1. The van der Waals surface area contributed by atoms with Crippen molar-refractivity contribution >= 4 is 0 Å². The Balaban J connectivity index is 2.48. The molecule has 2 rings (SSSR count). The average Bonchev–Trinajstić information content (AvgIpc) is 2.53. The Hall–Kier alpha value is -0.900. The van der Waals surface area contributed by atoms with Crippen LogP contribution in [0.1, 0.15) is 33.3 Å². The van der Waals surface area contributed by atoms with Crippen LogP contribution in [0.4, 0.5) is 0 Å². The first-order valence-electron chi connectivity index (χ1n) is 5.85. The van der Waals surface area contributed by atoms with E-state index in [1.165, 1.54) is 0 Å². The van der Waals surface area contributed by atoms with E-state index < -0.39 is 11.4 Å². The molecule has 0 spiro atoms. The first kappa shape index (κ1) is 12.6. The maximum absolute atomic E-state index is 5.62. The molecule has 2 unspecified atom stereocenters. The molecule has 1 aliphatic heterocycles. The number of benzene rings is 1. The summed E-state index contributed by atoms with van der Waals surface area (Å²) in [5.41, 5.74) is 0.251. The fourth-order valence-electron chi connectivity index (χ4n) is 2.26. The Morgan fingerprint density at radius 2 is 1.53 bits per heavy atom. The SMILES string of the molecule is COC1(C)OOC(C)(c2ccccc2)C1(C)C. The predicted molar refractivity (Wildman–Crippen MR) is 65.2 cm³/mol. The highest BCUT2D eigenvalue weighted by Gasteiger charge is 2.63. The molecule has 1 aromatic rings. The molecule has 0 amide bonds. The molecule has 17 heavy (non-hydrogen) atoms. The Morgan fingerprint density at radius 3 is 2.00 bits per heavy atom. The summed E-state index contributed by atoms with van der Waals surface area (Å²) < 4.78 is 5.48. The topological polar surface area (TPSA) is 27.7 Å². The van der Waals surface area contributed by atoms with E-state index in [2.05, 4.69) is 13.8 Å². The molecule has 0 aromatic heterocycles. The molecule has 0 bridgehead atoms. The summed E-state index contributed by atoms with van der Waals surface area (Å²) in [5.74, 6) is -0.752. The van der Waals surface area contributed by atoms with Gasteiger partial charge in [0.15, 0.2) is 0 Å². The summed E-state index contributed by atoms with van der Waals surface area (Å²) in [4.78, 5) is 11.1. The zero-order valence-electron chi connectivity index (χ0n) is 11.1. The molecule has 1 aliphatic rings. The van der Waals surface area contributed by atoms with Crippen molar-refractivity contribution in [2.24, 2.45) is 5.41 Å². The minimum Gasteiger partial charge on any atom is -0.350 e. The van der Waals surface area contributed by atoms with Crippen LogP contribution in [-0.2, 0) is 20.1 Å². The van der Waals surface area contributed by atoms with Crippen molar-refractivity contribution < 1.29 is 14.5 Å². The van der Waals surface area contributed by atoms with Gasteiger partial charge < -0.3 is 4.74 Å². The number of ether oxygens (including phenoxy) is 1. The van der Waals surface area contributed by atoms with Gasteiger partial charge in [0.25, 0.3) is 0 Å². The van der Waals surface area contributed by atoms with Crippen LogP contribution < -0.4 is 0 Å². The monoisotopic (exact) mass is 236 g/mol. The van der Waals surface area contributed by atoms with E-state index in [9.17, 15) is 0 Å². The van der Waals surface area contributed by atoms with Crippen molar-refractivity contribution in [3.05, 3.63) is 35.9 Å². The van der Waals surface area contributed by atoms with Crippen LogP contribution in [0.5, 0.6) is 0 Å². The second-order valence-corrected chi connectivity index (χ2v) is 5.34. The molecule has 0 N–H and O–H groups in total. The van der Waals surface area contributed by atoms with Gasteiger partial charge in [-0.3, -0.25) is 0 Å². The molecule has 2 atom stereocenters. The smallest absolute Gasteiger partial charge is 0.206 e. The van der Waals surface area contributed by atoms with Crippen LogP contribution in [0.25, 0.3) is 0 Å². The summed E-state index contributed by atoms with van der Waals surface area (Å²) in [6, 6.07) is 10.1. The van der Waals surface area contributed by atoms with Crippen LogP contribution >= 0.6 is 0 Å². The lowest BCUT2D eigenvalue weighted by Crippen LogP contribution is -2.48. The normalized spacial score (nSPS) is 36.1. The van der Waals surface area contributed by atoms with Gasteiger partial charge in [-0.15, -0.1) is 0 Å². The Morgan fingerprint density at radius 1 is 0.941 bits per heavy atom. The fraction of sp³-hybridized carbons (Fsp3) is 0.571. The van der Waals surface area contributed by atoms with Crippen molar-refractivity contribution in [1.29, 1.82) is 0 Å². The molecule has 0 saturated carbocycles. The zero-order valence-corrected chi connectivity index (χ0v) is 11.1. The maximum Gasteiger partial charge on any atom is 0.206 e. The first-order chi connectivity index (χ1) is 7.87. The molecule has 0 radical (unpaired) electrons. The number of hydrogen-bond acceptors (Lipinski definition) is 3. The van der Waals surface area contributed by atoms with E-state index in [4.69, 9.17) is 14.5 Å². The molecular formula is C14H20O3. The highest BCUT2D eigenvalue weighted by atomic mass is 17.2. The fourth-order valence-corrected chi connectivity index (χ4v) is 2.26. The summed E-state index contributed by atoms with van der Waals surface area (Å²) in [6.45, 7) is 8.13. The molecule has 1 aromatic carbocycles. The van der Waals surface area contributed by atoms with E-state index in [0.29, 0.717) is 0 Å². The van der Waals surface area contributed by atoms with Gasteiger partial charge in [-0.05, 0) is 19.4 Å². The van der Waals surface area contributed by atoms with Gasteiger partial charge in [-0.1, -0.05) is 44.2 Å². The summed E-state index contributed by atoms with van der Waals surface area (Å²) in [6.07, 6.45) is 0. The van der Waals surface area contributed by atoms with Gasteiger partial charge in [0.2, 0.25) is 5.79 Å². The third-order valence-electron chi connectivity index (χ3n) is 4.41. The van der Waals surface area contributed by atoms with Crippen molar-refractivity contribution in [2.75, 3.05) is 7.11 Å². The van der Waals surface area contributed by atoms with Crippen LogP contribution in [0, 0.1) is 5.41 Å². The van der Waals surface area contributed by atoms with E-state index in [1.807, 2.05) is 44.2 Å². The highest BCUT2D eigenvalue weighted by Crippen LogP contribution is 2.56. The van der Waals surface area contributed by atoms with Gasteiger partial charge in [-0.25, -0.2) is 4.89 Å². The lowest BCUT2D eigenvalue weighted by molar-refractivity contribution is -0.395. The summed E-state index contributed by atoms with van der Waals surface area (Å²) >= 11 is 0. The van der Waals surface area contributed by atoms with Crippen LogP contribution in [0.2, 0.25) is 0 Å². The lowest BCUT2D eigenvalue weighted by Gasteiger charge is -2.40. The largest absolute Gasteiger partial charge is 0.350 e. The Kier molecular flexibility index (Phi) is 2.81. The summed E-state index contributed by atoms with van der Waals surface area (Å²) in [5, 5.41) is 0. The molecule has 3 nitrogen and oxygen atoms in total. The third kappa shape index (κ3) is 1.53.